The average molecular weight is 406 g/mol. The van der Waals surface area contributed by atoms with Gasteiger partial charge in [0.1, 0.15) is 5.84 Å². The molecule has 3 rings (SSSR count). The van der Waals surface area contributed by atoms with E-state index < -0.39 is 5.41 Å². The van der Waals surface area contributed by atoms with Crippen molar-refractivity contribution in [3.05, 3.63) is 54.4 Å². The standard InChI is InChI=1S/C24H31N5O/c1-15-14-26-20-12-11-18(28-23(30)24(4,5)6)13-21(20)29(22(15)25-7)17(3)19-10-8-9-16(2)27-19/h8-13,15,26H,3,14H2,1-2,4-7H3,(H,28,30). The molecule has 0 bridgehead atoms. The molecule has 1 aliphatic rings. The molecule has 6 nitrogen and oxygen atoms in total. The topological polar surface area (TPSA) is 69.6 Å². The highest BCUT2D eigenvalue weighted by molar-refractivity contribution is 6.12. The summed E-state index contributed by atoms with van der Waals surface area (Å²) in [5, 5.41) is 6.53. The number of benzene rings is 1. The fourth-order valence-electron chi connectivity index (χ4n) is 3.38. The van der Waals surface area contributed by atoms with Gasteiger partial charge in [-0.2, -0.15) is 0 Å². The lowest BCUT2D eigenvalue weighted by Crippen LogP contribution is -2.34. The van der Waals surface area contributed by atoms with Crippen LogP contribution in [0.4, 0.5) is 17.1 Å². The maximum absolute atomic E-state index is 12.5. The first kappa shape index (κ1) is 21.6. The number of aryl methyl sites for hydroxylation is 1. The van der Waals surface area contributed by atoms with Crippen molar-refractivity contribution in [1.82, 2.24) is 4.98 Å². The van der Waals surface area contributed by atoms with Gasteiger partial charge < -0.3 is 10.6 Å². The maximum Gasteiger partial charge on any atom is 0.229 e. The summed E-state index contributed by atoms with van der Waals surface area (Å²) in [6.45, 7) is 14.9. The van der Waals surface area contributed by atoms with E-state index in [0.29, 0.717) is 0 Å². The van der Waals surface area contributed by atoms with Crippen LogP contribution in [0.3, 0.4) is 0 Å². The Morgan fingerprint density at radius 2 is 2.03 bits per heavy atom. The van der Waals surface area contributed by atoms with Crippen molar-refractivity contribution in [2.24, 2.45) is 16.3 Å². The second-order valence-corrected chi connectivity index (χ2v) is 8.75. The molecule has 158 valence electrons. The van der Waals surface area contributed by atoms with Gasteiger partial charge in [0.25, 0.3) is 0 Å². The largest absolute Gasteiger partial charge is 0.383 e. The maximum atomic E-state index is 12.5. The van der Waals surface area contributed by atoms with E-state index >= 15 is 0 Å². The van der Waals surface area contributed by atoms with Gasteiger partial charge in [0.2, 0.25) is 5.91 Å². The van der Waals surface area contributed by atoms with Crippen molar-refractivity contribution in [2.45, 2.75) is 34.6 Å². The number of aliphatic imine (C=N–C) groups is 1. The SMILES string of the molecule is C=C(c1cccc(C)n1)N1C(=NC)C(C)CNc2ccc(NC(=O)C(C)(C)C)cc21. The monoisotopic (exact) mass is 405 g/mol. The van der Waals surface area contributed by atoms with E-state index in [4.69, 9.17) is 0 Å². The number of nitrogens with zero attached hydrogens (tertiary/aromatic N) is 3. The smallest absolute Gasteiger partial charge is 0.229 e. The summed E-state index contributed by atoms with van der Waals surface area (Å²) in [5.41, 5.74) is 4.56. The minimum atomic E-state index is -0.482. The molecule has 1 atom stereocenters. The number of anilines is 3. The van der Waals surface area contributed by atoms with Crippen molar-refractivity contribution in [3.63, 3.8) is 0 Å². The van der Waals surface area contributed by atoms with Gasteiger partial charge in [-0.1, -0.05) is 40.3 Å². The highest BCUT2D eigenvalue weighted by atomic mass is 16.2. The van der Waals surface area contributed by atoms with Crippen molar-refractivity contribution < 1.29 is 4.79 Å². The zero-order chi connectivity index (χ0) is 22.1. The van der Waals surface area contributed by atoms with Gasteiger partial charge in [0.15, 0.2) is 0 Å². The first-order valence-electron chi connectivity index (χ1n) is 10.2. The summed E-state index contributed by atoms with van der Waals surface area (Å²) >= 11 is 0. The van der Waals surface area contributed by atoms with Crippen LogP contribution in [-0.4, -0.2) is 30.3 Å². The number of amides is 1. The van der Waals surface area contributed by atoms with Crippen LogP contribution in [-0.2, 0) is 4.79 Å². The molecular weight excluding hydrogens is 374 g/mol. The molecule has 1 amide bonds. The van der Waals surface area contributed by atoms with Gasteiger partial charge in [-0.15, -0.1) is 0 Å². The molecule has 0 radical (unpaired) electrons. The molecule has 2 N–H and O–H groups in total. The number of fused-ring (bicyclic) bond motifs is 1. The second-order valence-electron chi connectivity index (χ2n) is 8.75. The van der Waals surface area contributed by atoms with Crippen LogP contribution in [0.2, 0.25) is 0 Å². The molecule has 1 aliphatic heterocycles. The molecule has 0 fully saturated rings. The predicted molar refractivity (Wildman–Crippen MR) is 126 cm³/mol. The van der Waals surface area contributed by atoms with Crippen LogP contribution in [0.15, 0.2) is 48.0 Å². The van der Waals surface area contributed by atoms with E-state index in [-0.39, 0.29) is 11.8 Å². The molecule has 0 spiro atoms. The number of carbonyl (C=O) groups is 1. The third-order valence-corrected chi connectivity index (χ3v) is 5.13. The number of aromatic nitrogens is 1. The van der Waals surface area contributed by atoms with Gasteiger partial charge in [0, 0.05) is 36.3 Å². The fraction of sp³-hybridized carbons (Fsp3) is 0.375. The number of amidine groups is 1. The number of pyridine rings is 1. The zero-order valence-corrected chi connectivity index (χ0v) is 18.7. The Hall–Kier alpha value is -3.15. The molecular formula is C24H31N5O. The third-order valence-electron chi connectivity index (χ3n) is 5.13. The summed E-state index contributed by atoms with van der Waals surface area (Å²) in [4.78, 5) is 23.8. The lowest BCUT2D eigenvalue weighted by atomic mass is 9.95. The highest BCUT2D eigenvalue weighted by Gasteiger charge is 2.29. The van der Waals surface area contributed by atoms with Gasteiger partial charge in [-0.25, -0.2) is 0 Å². The Kier molecular flexibility index (Phi) is 5.97. The molecule has 0 saturated heterocycles. The van der Waals surface area contributed by atoms with Crippen LogP contribution < -0.4 is 15.5 Å². The number of carbonyl (C=O) groups excluding carboxylic acids is 1. The minimum Gasteiger partial charge on any atom is -0.383 e. The number of hydrogen-bond donors (Lipinski definition) is 2. The van der Waals surface area contributed by atoms with Crippen LogP contribution in [0, 0.1) is 18.3 Å². The molecule has 30 heavy (non-hydrogen) atoms. The third kappa shape index (κ3) is 4.37. The molecule has 1 unspecified atom stereocenters. The zero-order valence-electron chi connectivity index (χ0n) is 18.7. The Bertz CT molecular complexity index is 1000. The summed E-state index contributed by atoms with van der Waals surface area (Å²) < 4.78 is 0. The highest BCUT2D eigenvalue weighted by Crippen LogP contribution is 2.38. The number of hydrogen-bond acceptors (Lipinski definition) is 4. The normalized spacial score (nSPS) is 17.7. The van der Waals surface area contributed by atoms with Crippen LogP contribution in [0.25, 0.3) is 5.70 Å². The summed E-state index contributed by atoms with van der Waals surface area (Å²) in [7, 11) is 1.80. The van der Waals surface area contributed by atoms with Gasteiger partial charge in [-0.3, -0.25) is 19.7 Å². The van der Waals surface area contributed by atoms with E-state index in [2.05, 4.69) is 39.0 Å². The van der Waals surface area contributed by atoms with Crippen molar-refractivity contribution >= 4 is 34.5 Å². The van der Waals surface area contributed by atoms with E-state index in [0.717, 1.165) is 46.5 Å². The Morgan fingerprint density at radius 3 is 2.67 bits per heavy atom. The first-order valence-corrected chi connectivity index (χ1v) is 10.2. The summed E-state index contributed by atoms with van der Waals surface area (Å²) in [5.74, 6) is 1.03. The van der Waals surface area contributed by atoms with Gasteiger partial charge in [-0.05, 0) is 37.3 Å². The molecule has 1 aromatic carbocycles. The lowest BCUT2D eigenvalue weighted by molar-refractivity contribution is -0.123. The molecule has 0 aliphatic carbocycles. The van der Waals surface area contributed by atoms with Gasteiger partial charge >= 0.3 is 0 Å². The summed E-state index contributed by atoms with van der Waals surface area (Å²) in [6, 6.07) is 11.8. The van der Waals surface area contributed by atoms with Gasteiger partial charge in [0.05, 0.1) is 22.8 Å². The molecule has 6 heteroatoms. The summed E-state index contributed by atoms with van der Waals surface area (Å²) in [6.07, 6.45) is 0. The van der Waals surface area contributed by atoms with Crippen molar-refractivity contribution in [2.75, 3.05) is 29.1 Å². The first-order chi connectivity index (χ1) is 14.1. The van der Waals surface area contributed by atoms with Crippen molar-refractivity contribution in [3.8, 4) is 0 Å². The lowest BCUT2D eigenvalue weighted by Gasteiger charge is -2.29. The van der Waals surface area contributed by atoms with Crippen LogP contribution >= 0.6 is 0 Å². The predicted octanol–water partition coefficient (Wildman–Crippen LogP) is 4.94. The Morgan fingerprint density at radius 1 is 1.30 bits per heavy atom. The van der Waals surface area contributed by atoms with E-state index in [1.54, 1.807) is 7.05 Å². The van der Waals surface area contributed by atoms with E-state index in [9.17, 15) is 4.79 Å². The Balaban J connectivity index is 2.10. The number of rotatable bonds is 3. The average Bonchev–Trinajstić information content (AvgIpc) is 2.82. The Labute approximate surface area is 179 Å². The molecule has 0 saturated carbocycles. The number of nitrogens with one attached hydrogen (secondary N) is 2. The van der Waals surface area contributed by atoms with E-state index in [1.165, 1.54) is 0 Å². The van der Waals surface area contributed by atoms with Crippen LogP contribution in [0.5, 0.6) is 0 Å². The van der Waals surface area contributed by atoms with Crippen LogP contribution in [0.1, 0.15) is 39.1 Å². The fourth-order valence-corrected chi connectivity index (χ4v) is 3.38. The molecule has 2 aromatic rings. The molecule has 2 heterocycles. The minimum absolute atomic E-state index is 0.0347. The van der Waals surface area contributed by atoms with E-state index in [1.807, 2.05) is 64.1 Å². The quantitative estimate of drug-likeness (QED) is 0.759. The van der Waals surface area contributed by atoms with Crippen molar-refractivity contribution in [1.29, 1.82) is 0 Å². The second kappa shape index (κ2) is 8.30. The molecule has 1 aromatic heterocycles.